The fourth-order valence-corrected chi connectivity index (χ4v) is 6.01. The Balaban J connectivity index is 0.00000104. The van der Waals surface area contributed by atoms with E-state index in [9.17, 15) is 8.78 Å². The van der Waals surface area contributed by atoms with Gasteiger partial charge in [-0.05, 0) is 74.1 Å². The smallest absolute Gasteiger partial charge is 0.342 e. The van der Waals surface area contributed by atoms with E-state index in [2.05, 4.69) is 32.6 Å². The van der Waals surface area contributed by atoms with Crippen LogP contribution in [0.2, 0.25) is 0 Å². The van der Waals surface area contributed by atoms with E-state index in [4.69, 9.17) is 28.7 Å². The van der Waals surface area contributed by atoms with Crippen molar-refractivity contribution in [1.82, 2.24) is 0 Å². The van der Waals surface area contributed by atoms with Crippen LogP contribution in [0.3, 0.4) is 0 Å². The van der Waals surface area contributed by atoms with Gasteiger partial charge in [0.1, 0.15) is 0 Å². The molecule has 0 N–H and O–H groups in total. The van der Waals surface area contributed by atoms with Gasteiger partial charge in [-0.2, -0.15) is 19.2 Å². The van der Waals surface area contributed by atoms with Gasteiger partial charge < -0.3 is 9.47 Å². The summed E-state index contributed by atoms with van der Waals surface area (Å²) >= 11 is 0. The van der Waals surface area contributed by atoms with Gasteiger partial charge in [-0.3, -0.25) is 0 Å². The van der Waals surface area contributed by atoms with Crippen molar-refractivity contribution in [3.05, 3.63) is 70.3 Å². The van der Waals surface area contributed by atoms with E-state index in [-0.39, 0.29) is 42.3 Å². The summed E-state index contributed by atoms with van der Waals surface area (Å²) in [5.41, 5.74) is 2.33. The van der Waals surface area contributed by atoms with Crippen LogP contribution < -0.4 is 0 Å². The minimum absolute atomic E-state index is 0.106. The van der Waals surface area contributed by atoms with E-state index >= 15 is 0 Å². The van der Waals surface area contributed by atoms with Crippen LogP contribution in [0.5, 0.6) is 0 Å². The van der Waals surface area contributed by atoms with Crippen LogP contribution in [0.1, 0.15) is 132 Å². The summed E-state index contributed by atoms with van der Waals surface area (Å²) in [7, 11) is 0. The van der Waals surface area contributed by atoms with Crippen LogP contribution in [-0.4, -0.2) is 24.5 Å². The lowest BCUT2D eigenvalue weighted by Gasteiger charge is -2.29. The summed E-state index contributed by atoms with van der Waals surface area (Å²) in [6, 6.07) is 11.1. The van der Waals surface area contributed by atoms with Gasteiger partial charge in [-0.15, -0.1) is 0 Å². The number of benzene rings is 2. The lowest BCUT2D eigenvalue weighted by molar-refractivity contribution is -0.193. The lowest BCUT2D eigenvalue weighted by Crippen LogP contribution is -2.22. The minimum Gasteiger partial charge on any atom is -0.342 e. The molecule has 0 amide bonds. The molecule has 0 spiro atoms. The molecule has 2 atom stereocenters. The first-order valence-corrected chi connectivity index (χ1v) is 15.8. The van der Waals surface area contributed by atoms with Crippen LogP contribution in [-0.2, 0) is 28.7 Å². The van der Waals surface area contributed by atoms with Gasteiger partial charge in [0, 0.05) is 11.1 Å². The highest BCUT2D eigenvalue weighted by Crippen LogP contribution is 2.39. The van der Waals surface area contributed by atoms with Gasteiger partial charge in [0.15, 0.2) is 17.9 Å². The van der Waals surface area contributed by atoms with E-state index in [0.717, 1.165) is 81.3 Å². The number of carbonyl (C=O) groups excluding carboxylic acids is 4. The summed E-state index contributed by atoms with van der Waals surface area (Å²) in [6.07, 6.45) is 13.5. The van der Waals surface area contributed by atoms with Crippen LogP contribution in [0.15, 0.2) is 36.4 Å². The molecule has 1 saturated carbocycles. The Morgan fingerprint density at radius 3 is 1.73 bits per heavy atom. The fraction of sp³-hybridized carbons (Fsp3) is 0.556. The third-order valence-corrected chi connectivity index (χ3v) is 8.32. The van der Waals surface area contributed by atoms with Crippen LogP contribution in [0.4, 0.5) is 8.78 Å². The topological polar surface area (TPSA) is 86.7 Å². The molecule has 1 heterocycles. The molecule has 0 aromatic heterocycles. The second-order valence-corrected chi connectivity index (χ2v) is 11.3. The van der Waals surface area contributed by atoms with Crippen molar-refractivity contribution in [2.24, 2.45) is 5.92 Å². The van der Waals surface area contributed by atoms with Gasteiger partial charge in [-0.1, -0.05) is 89.3 Å². The molecule has 238 valence electrons. The maximum atomic E-state index is 15.0. The molecular formula is C36H44F2O6. The highest BCUT2D eigenvalue weighted by Gasteiger charge is 2.35. The van der Waals surface area contributed by atoms with Gasteiger partial charge in [0.05, 0.1) is 17.8 Å². The van der Waals surface area contributed by atoms with Crippen LogP contribution in [0, 0.1) is 29.4 Å². The Morgan fingerprint density at radius 1 is 0.682 bits per heavy atom. The third-order valence-electron chi connectivity index (χ3n) is 8.32. The second kappa shape index (κ2) is 20.5. The summed E-state index contributed by atoms with van der Waals surface area (Å²) < 4.78 is 42.5. The second-order valence-electron chi connectivity index (χ2n) is 11.3. The van der Waals surface area contributed by atoms with Gasteiger partial charge in [0.25, 0.3) is 0 Å². The van der Waals surface area contributed by atoms with E-state index < -0.39 is 11.6 Å². The van der Waals surface area contributed by atoms with Crippen LogP contribution >= 0.6 is 0 Å². The molecule has 2 aromatic rings. The largest absolute Gasteiger partial charge is 0.373 e. The third kappa shape index (κ3) is 11.2. The predicted molar refractivity (Wildman–Crippen MR) is 160 cm³/mol. The monoisotopic (exact) mass is 610 g/mol. The van der Waals surface area contributed by atoms with Crippen molar-refractivity contribution in [3.63, 3.8) is 0 Å². The molecule has 0 radical (unpaired) electrons. The summed E-state index contributed by atoms with van der Waals surface area (Å²) in [5.74, 6) is 5.13. The zero-order valence-electron chi connectivity index (χ0n) is 26.0. The molecule has 2 aromatic carbocycles. The molecule has 1 aliphatic heterocycles. The summed E-state index contributed by atoms with van der Waals surface area (Å²) in [6.45, 7) is 6.60. The van der Waals surface area contributed by atoms with Crippen molar-refractivity contribution < 1.29 is 37.4 Å². The molecule has 44 heavy (non-hydrogen) atoms. The first-order valence-electron chi connectivity index (χ1n) is 15.8. The average Bonchev–Trinajstić information content (AvgIpc) is 3.44. The Labute approximate surface area is 259 Å². The molecular weight excluding hydrogens is 566 g/mol. The average molecular weight is 611 g/mol. The maximum absolute atomic E-state index is 15.0. The molecule has 2 aliphatic rings. The van der Waals surface area contributed by atoms with E-state index in [0.29, 0.717) is 5.56 Å². The molecule has 4 rings (SSSR count). The van der Waals surface area contributed by atoms with E-state index in [1.807, 2.05) is 24.3 Å². The van der Waals surface area contributed by atoms with Gasteiger partial charge >= 0.3 is 12.3 Å². The first kappa shape index (κ1) is 36.7. The first-order chi connectivity index (χ1) is 21.4. The van der Waals surface area contributed by atoms with Crippen molar-refractivity contribution in [2.45, 2.75) is 122 Å². The van der Waals surface area contributed by atoms with E-state index in [1.54, 1.807) is 12.1 Å². The molecule has 2 fully saturated rings. The quantitative estimate of drug-likeness (QED) is 0.251. The number of unbranched alkanes of at least 4 members (excludes halogenated alkanes) is 2. The molecule has 1 saturated heterocycles. The number of halogens is 2. The normalized spacial score (nSPS) is 22.2. The Hall–Kier alpha value is -3.46. The van der Waals surface area contributed by atoms with Crippen molar-refractivity contribution >= 4 is 12.3 Å². The van der Waals surface area contributed by atoms with Crippen LogP contribution in [0.25, 0.3) is 0 Å². The molecule has 6 nitrogen and oxygen atoms in total. The molecule has 2 unspecified atom stereocenters. The summed E-state index contributed by atoms with van der Waals surface area (Å²) in [5, 5.41) is 0. The number of rotatable bonds is 10. The summed E-state index contributed by atoms with van der Waals surface area (Å²) in [4.78, 5) is 32.5. The standard InChI is InChI=1S/C34H44F2O2.2CO2/c1-4-7-10-30-31(11-8-5-2)38-34(37-30)28-20-15-25(16-21-28)14-19-27-22-23-29(33(36)32(27)35)26-17-12-24(9-6-3)13-18-26;2*2-1-3/h15-16,20-24,26,30-31,34H,4-13,17-18H2,1-3H3;;. The molecule has 0 bridgehead atoms. The minimum atomic E-state index is -0.828. The van der Waals surface area contributed by atoms with Crippen molar-refractivity contribution in [2.75, 3.05) is 0 Å². The zero-order valence-corrected chi connectivity index (χ0v) is 26.0. The number of ether oxygens (including phenoxy) is 2. The predicted octanol–water partition coefficient (Wildman–Crippen LogP) is 8.43. The molecule has 1 aliphatic carbocycles. The highest BCUT2D eigenvalue weighted by atomic mass is 19.2. The van der Waals surface area contributed by atoms with E-state index in [1.165, 1.54) is 12.8 Å². The Bertz CT molecular complexity index is 1230. The van der Waals surface area contributed by atoms with Gasteiger partial charge in [-0.25, -0.2) is 8.78 Å². The van der Waals surface area contributed by atoms with Crippen molar-refractivity contribution in [1.29, 1.82) is 0 Å². The fourth-order valence-electron chi connectivity index (χ4n) is 6.01. The Morgan fingerprint density at radius 2 is 1.23 bits per heavy atom. The van der Waals surface area contributed by atoms with Crippen molar-refractivity contribution in [3.8, 4) is 11.8 Å². The van der Waals surface area contributed by atoms with Gasteiger partial charge in [0.2, 0.25) is 0 Å². The molecule has 8 heteroatoms. The number of hydrogen-bond acceptors (Lipinski definition) is 6. The maximum Gasteiger partial charge on any atom is 0.373 e. The zero-order chi connectivity index (χ0) is 32.3. The number of hydrogen-bond donors (Lipinski definition) is 0. The lowest BCUT2D eigenvalue weighted by atomic mass is 9.77. The Kier molecular flexibility index (Phi) is 17.1. The SMILES string of the molecule is CCCCC1OC(c2ccc(C#Cc3ccc(C4CCC(CCC)CC4)c(F)c3F)cc2)OC1CCCC.O=C=O.O=C=O. The highest BCUT2D eigenvalue weighted by molar-refractivity contribution is 5.45.